The van der Waals surface area contributed by atoms with E-state index in [2.05, 4.69) is 10.2 Å². The quantitative estimate of drug-likeness (QED) is 0.781. The lowest BCUT2D eigenvalue weighted by Crippen LogP contribution is -2.21. The topological polar surface area (TPSA) is 81.6 Å². The van der Waals surface area contributed by atoms with Crippen LogP contribution in [0.25, 0.3) is 0 Å². The molecule has 1 aromatic heterocycles. The zero-order chi connectivity index (χ0) is 11.5. The Bertz CT molecular complexity index is 403. The molecule has 8 heteroatoms. The van der Waals surface area contributed by atoms with Crippen molar-refractivity contribution in [1.82, 2.24) is 10.2 Å². The van der Waals surface area contributed by atoms with Crippen molar-refractivity contribution in [2.45, 2.75) is 12.6 Å². The van der Waals surface area contributed by atoms with Gasteiger partial charge in [-0.15, -0.1) is 0 Å². The van der Waals surface area contributed by atoms with Gasteiger partial charge in [-0.05, 0) is 0 Å². The van der Waals surface area contributed by atoms with Crippen molar-refractivity contribution in [3.05, 3.63) is 11.8 Å². The van der Waals surface area contributed by atoms with Crippen LogP contribution in [0, 0.1) is 11.3 Å². The van der Waals surface area contributed by atoms with Gasteiger partial charge in [-0.3, -0.25) is 9.89 Å². The number of rotatable bonds is 2. The molecule has 0 bridgehead atoms. The first-order valence-electron chi connectivity index (χ1n) is 3.72. The van der Waals surface area contributed by atoms with Crippen LogP contribution in [0.4, 0.5) is 19.0 Å². The van der Waals surface area contributed by atoms with Gasteiger partial charge in [0.1, 0.15) is 23.9 Å². The fourth-order valence-corrected chi connectivity index (χ4v) is 0.832. The van der Waals surface area contributed by atoms with Crippen LogP contribution in [0.3, 0.4) is 0 Å². The average molecular weight is 218 g/mol. The second-order valence-corrected chi connectivity index (χ2v) is 2.61. The van der Waals surface area contributed by atoms with Crippen molar-refractivity contribution >= 4 is 11.7 Å². The van der Waals surface area contributed by atoms with Gasteiger partial charge in [0.25, 0.3) is 0 Å². The molecule has 0 aromatic carbocycles. The predicted molar refractivity (Wildman–Crippen MR) is 42.6 cm³/mol. The number of amides is 1. The van der Waals surface area contributed by atoms with Crippen molar-refractivity contribution in [2.75, 3.05) is 5.32 Å². The molecule has 1 heterocycles. The van der Waals surface area contributed by atoms with E-state index in [4.69, 9.17) is 5.26 Å². The first kappa shape index (κ1) is 11.0. The van der Waals surface area contributed by atoms with Crippen LogP contribution in [0.5, 0.6) is 0 Å². The number of H-pyrrole nitrogens is 1. The molecule has 0 atom stereocenters. The molecule has 0 spiro atoms. The lowest BCUT2D eigenvalue weighted by Gasteiger charge is -2.05. The fraction of sp³-hybridized carbons (Fsp3) is 0.286. The lowest BCUT2D eigenvalue weighted by atomic mass is 10.3. The third-order valence-corrected chi connectivity index (χ3v) is 1.39. The van der Waals surface area contributed by atoms with E-state index in [1.54, 1.807) is 6.07 Å². The Hall–Kier alpha value is -2.04. The minimum Gasteiger partial charge on any atom is -0.310 e. The molecule has 0 aliphatic heterocycles. The summed E-state index contributed by atoms with van der Waals surface area (Å²) in [7, 11) is 0. The second-order valence-electron chi connectivity index (χ2n) is 2.61. The number of hydrogen-bond acceptors (Lipinski definition) is 3. The standard InChI is InChI=1S/C7H5F3N4O/c8-7(9,10)1-5(15)13-6-4(2-11)3-12-14-6/h3H,1H2,(H2,12,13,14,15). The van der Waals surface area contributed by atoms with Gasteiger partial charge >= 0.3 is 6.18 Å². The Morgan fingerprint density at radius 3 is 2.87 bits per heavy atom. The van der Waals surface area contributed by atoms with E-state index in [0.29, 0.717) is 0 Å². The largest absolute Gasteiger partial charge is 0.397 e. The molecule has 0 saturated heterocycles. The molecule has 2 N–H and O–H groups in total. The van der Waals surface area contributed by atoms with Crippen molar-refractivity contribution < 1.29 is 18.0 Å². The smallest absolute Gasteiger partial charge is 0.310 e. The Kier molecular flexibility index (Phi) is 2.94. The van der Waals surface area contributed by atoms with Crippen LogP contribution in [-0.2, 0) is 4.79 Å². The van der Waals surface area contributed by atoms with Gasteiger partial charge in [0.15, 0.2) is 0 Å². The maximum absolute atomic E-state index is 11.8. The first-order valence-corrected chi connectivity index (χ1v) is 3.72. The SMILES string of the molecule is N#Cc1cn[nH]c1NC(=O)CC(F)(F)F. The van der Waals surface area contributed by atoms with Gasteiger partial charge in [-0.25, -0.2) is 0 Å². The summed E-state index contributed by atoms with van der Waals surface area (Å²) >= 11 is 0. The highest BCUT2D eigenvalue weighted by atomic mass is 19.4. The van der Waals surface area contributed by atoms with Gasteiger partial charge in [-0.1, -0.05) is 0 Å². The number of nitrogens with zero attached hydrogens (tertiary/aromatic N) is 2. The van der Waals surface area contributed by atoms with Crippen LogP contribution in [0.15, 0.2) is 6.20 Å². The van der Waals surface area contributed by atoms with Crippen LogP contribution >= 0.6 is 0 Å². The molecule has 0 unspecified atom stereocenters. The lowest BCUT2D eigenvalue weighted by molar-refractivity contribution is -0.150. The minimum absolute atomic E-state index is 0.0227. The molecule has 0 aliphatic rings. The summed E-state index contributed by atoms with van der Waals surface area (Å²) in [5, 5.41) is 16.0. The Morgan fingerprint density at radius 2 is 2.33 bits per heavy atom. The predicted octanol–water partition coefficient (Wildman–Crippen LogP) is 1.17. The number of aromatic amines is 1. The van der Waals surface area contributed by atoms with Crippen LogP contribution < -0.4 is 5.32 Å². The molecule has 80 valence electrons. The van der Waals surface area contributed by atoms with Crippen molar-refractivity contribution in [2.24, 2.45) is 0 Å². The maximum atomic E-state index is 11.8. The average Bonchev–Trinajstić information content (AvgIpc) is 2.48. The van der Waals surface area contributed by atoms with Gasteiger partial charge in [0.05, 0.1) is 6.20 Å². The Labute approximate surface area is 81.9 Å². The number of aromatic nitrogens is 2. The summed E-state index contributed by atoms with van der Waals surface area (Å²) in [5.41, 5.74) is -0.0227. The third-order valence-electron chi connectivity index (χ3n) is 1.39. The van der Waals surface area contributed by atoms with E-state index in [1.807, 2.05) is 5.32 Å². The number of carbonyl (C=O) groups excluding carboxylic acids is 1. The Morgan fingerprint density at radius 1 is 1.67 bits per heavy atom. The third kappa shape index (κ3) is 3.30. The molecule has 0 radical (unpaired) electrons. The number of nitriles is 1. The first-order chi connectivity index (χ1) is 6.92. The van der Waals surface area contributed by atoms with E-state index in [0.717, 1.165) is 6.20 Å². The number of nitrogens with one attached hydrogen (secondary N) is 2. The van der Waals surface area contributed by atoms with E-state index in [9.17, 15) is 18.0 Å². The monoisotopic (exact) mass is 218 g/mol. The molecule has 1 rings (SSSR count). The van der Waals surface area contributed by atoms with Gasteiger partial charge in [-0.2, -0.15) is 23.5 Å². The molecule has 0 saturated carbocycles. The van der Waals surface area contributed by atoms with Crippen LogP contribution in [0.2, 0.25) is 0 Å². The van der Waals surface area contributed by atoms with Crippen LogP contribution in [0.1, 0.15) is 12.0 Å². The van der Waals surface area contributed by atoms with Crippen LogP contribution in [-0.4, -0.2) is 22.3 Å². The summed E-state index contributed by atoms with van der Waals surface area (Å²) in [6.07, 6.45) is -5.07. The van der Waals surface area contributed by atoms with Gasteiger partial charge < -0.3 is 5.32 Å². The van der Waals surface area contributed by atoms with E-state index in [-0.39, 0.29) is 11.4 Å². The van der Waals surface area contributed by atoms with Gasteiger partial charge in [0, 0.05) is 0 Å². The second kappa shape index (κ2) is 4.00. The number of carbonyl (C=O) groups is 1. The summed E-state index contributed by atoms with van der Waals surface area (Å²) in [4.78, 5) is 10.8. The number of alkyl halides is 3. The minimum atomic E-state index is -4.57. The molecule has 1 amide bonds. The summed E-state index contributed by atoms with van der Waals surface area (Å²) in [5.74, 6) is -1.38. The van der Waals surface area contributed by atoms with Crippen molar-refractivity contribution in [3.63, 3.8) is 0 Å². The highest BCUT2D eigenvalue weighted by Gasteiger charge is 2.31. The highest BCUT2D eigenvalue weighted by molar-refractivity contribution is 5.91. The summed E-state index contributed by atoms with van der Waals surface area (Å²) in [6.45, 7) is 0. The van der Waals surface area contributed by atoms with Crippen molar-refractivity contribution in [1.29, 1.82) is 5.26 Å². The fourth-order valence-electron chi connectivity index (χ4n) is 0.832. The zero-order valence-corrected chi connectivity index (χ0v) is 7.22. The normalized spacial score (nSPS) is 10.8. The molecule has 0 aliphatic carbocycles. The molecule has 15 heavy (non-hydrogen) atoms. The summed E-state index contributed by atoms with van der Waals surface area (Å²) < 4.78 is 35.3. The van der Waals surface area contributed by atoms with E-state index < -0.39 is 18.5 Å². The highest BCUT2D eigenvalue weighted by Crippen LogP contribution is 2.20. The zero-order valence-electron chi connectivity index (χ0n) is 7.22. The number of anilines is 1. The molecular formula is C7H5F3N4O. The maximum Gasteiger partial charge on any atom is 0.397 e. The molecule has 1 aromatic rings. The molecule has 0 fully saturated rings. The van der Waals surface area contributed by atoms with E-state index in [1.165, 1.54) is 0 Å². The molecular weight excluding hydrogens is 213 g/mol. The number of hydrogen-bond donors (Lipinski definition) is 2. The van der Waals surface area contributed by atoms with E-state index >= 15 is 0 Å². The van der Waals surface area contributed by atoms with Gasteiger partial charge in [0.2, 0.25) is 5.91 Å². The van der Waals surface area contributed by atoms with Crippen molar-refractivity contribution in [3.8, 4) is 6.07 Å². The summed E-state index contributed by atoms with van der Waals surface area (Å²) in [6, 6.07) is 1.65. The number of halogens is 3. The molecule has 5 nitrogen and oxygen atoms in total. The Balaban J connectivity index is 2.64.